The van der Waals surface area contributed by atoms with Gasteiger partial charge in [0.05, 0.1) is 0 Å². The van der Waals surface area contributed by atoms with Gasteiger partial charge in [-0.15, -0.1) is 0 Å². The van der Waals surface area contributed by atoms with Gasteiger partial charge in [0, 0.05) is 25.8 Å². The molecule has 3 heterocycles. The molecule has 79 valence electrons. The maximum Gasteiger partial charge on any atom is 0.0240 e. The van der Waals surface area contributed by atoms with Gasteiger partial charge in [0.15, 0.2) is 0 Å². The van der Waals surface area contributed by atoms with Crippen molar-refractivity contribution in [1.29, 1.82) is 0 Å². The van der Waals surface area contributed by atoms with Crippen molar-refractivity contribution in [3.63, 3.8) is 0 Å². The molecule has 0 saturated heterocycles. The average Bonchev–Trinajstić information content (AvgIpc) is 2.59. The van der Waals surface area contributed by atoms with Crippen LogP contribution < -0.4 is 4.90 Å². The van der Waals surface area contributed by atoms with E-state index in [4.69, 9.17) is 0 Å². The Balaban J connectivity index is 0.000000853. The predicted octanol–water partition coefficient (Wildman–Crippen LogP) is 1.62. The first kappa shape index (κ1) is 10.4. The number of rotatable bonds is 0. The van der Waals surface area contributed by atoms with Crippen molar-refractivity contribution < 1.29 is 20.1 Å². The summed E-state index contributed by atoms with van der Waals surface area (Å²) in [5.41, 5.74) is 3.14. The van der Waals surface area contributed by atoms with Crippen molar-refractivity contribution >= 4 is 11.8 Å². The molecule has 4 heteroatoms. The van der Waals surface area contributed by atoms with Crippen LogP contribution in [0.1, 0.15) is 5.69 Å². The molecule has 0 N–H and O–H groups in total. The molecule has 1 aromatic heterocycles. The molecule has 0 bridgehead atoms. The summed E-state index contributed by atoms with van der Waals surface area (Å²) < 4.78 is 0. The Morgan fingerprint density at radius 3 is 3.13 bits per heavy atom. The molecule has 0 unspecified atom stereocenters. The van der Waals surface area contributed by atoms with Crippen molar-refractivity contribution in [2.45, 2.75) is 0 Å². The Kier molecular flexibility index (Phi) is 2.63. The fourth-order valence-electron chi connectivity index (χ4n) is 1.71. The van der Waals surface area contributed by atoms with Gasteiger partial charge in [-0.05, 0) is 25.0 Å². The standard InChI is InChI=1S/C11H9N3.Ir/c1-13-7-9-4-5-10-11(14(9)8-13)3-2-6-12-10;/h2,4-8H,1H3;/q-2;. The molecule has 0 saturated carbocycles. The minimum absolute atomic E-state index is 0. The van der Waals surface area contributed by atoms with Crippen LogP contribution in [0.15, 0.2) is 30.2 Å². The van der Waals surface area contributed by atoms with E-state index >= 15 is 0 Å². The van der Waals surface area contributed by atoms with E-state index in [1.165, 1.54) is 0 Å². The SMILES string of the molecule is CN1C=C2C=Cc3ncc[c-]c3N2[CH-]1.[Ir]. The van der Waals surface area contributed by atoms with E-state index in [9.17, 15) is 0 Å². The summed E-state index contributed by atoms with van der Waals surface area (Å²) in [5, 5.41) is 0. The molecular weight excluding hydrogens is 366 g/mol. The van der Waals surface area contributed by atoms with Crippen LogP contribution in [0, 0.1) is 12.7 Å². The Bertz CT molecular complexity index is 439. The zero-order chi connectivity index (χ0) is 9.54. The number of pyridine rings is 1. The molecule has 0 aromatic carbocycles. The van der Waals surface area contributed by atoms with Gasteiger partial charge in [0.25, 0.3) is 0 Å². The van der Waals surface area contributed by atoms with E-state index in [2.05, 4.69) is 28.2 Å². The first-order valence-electron chi connectivity index (χ1n) is 4.47. The van der Waals surface area contributed by atoms with Crippen molar-refractivity contribution in [3.8, 4) is 0 Å². The molecule has 3 rings (SSSR count). The number of anilines is 1. The van der Waals surface area contributed by atoms with E-state index < -0.39 is 0 Å². The second-order valence-corrected chi connectivity index (χ2v) is 3.36. The molecule has 3 nitrogen and oxygen atoms in total. The fraction of sp³-hybridized carbons (Fsp3) is 0.0909. The number of hydrogen-bond acceptors (Lipinski definition) is 3. The van der Waals surface area contributed by atoms with Gasteiger partial charge in [0.2, 0.25) is 0 Å². The number of hydrogen-bond donors (Lipinski definition) is 0. The summed E-state index contributed by atoms with van der Waals surface area (Å²) in [6.45, 7) is 2.02. The molecule has 0 spiro atoms. The summed E-state index contributed by atoms with van der Waals surface area (Å²) in [7, 11) is 2.01. The molecule has 0 amide bonds. The predicted molar refractivity (Wildman–Crippen MR) is 54.7 cm³/mol. The van der Waals surface area contributed by atoms with Crippen LogP contribution in [0.3, 0.4) is 0 Å². The van der Waals surface area contributed by atoms with Crippen molar-refractivity contribution in [1.82, 2.24) is 9.88 Å². The van der Waals surface area contributed by atoms with Crippen LogP contribution >= 0.6 is 0 Å². The maximum absolute atomic E-state index is 4.28. The number of fused-ring (bicyclic) bond motifs is 3. The van der Waals surface area contributed by atoms with Gasteiger partial charge in [-0.1, -0.05) is 18.0 Å². The number of aromatic nitrogens is 1. The third kappa shape index (κ3) is 1.60. The maximum atomic E-state index is 4.28. The van der Waals surface area contributed by atoms with Crippen LogP contribution in [-0.2, 0) is 20.1 Å². The fourth-order valence-corrected chi connectivity index (χ4v) is 1.71. The van der Waals surface area contributed by atoms with Crippen LogP contribution in [0.25, 0.3) is 6.08 Å². The topological polar surface area (TPSA) is 19.4 Å². The van der Waals surface area contributed by atoms with Gasteiger partial charge < -0.3 is 14.8 Å². The Labute approximate surface area is 102 Å². The van der Waals surface area contributed by atoms with E-state index in [0.29, 0.717) is 0 Å². The molecular formula is C11H9IrN3-2. The van der Waals surface area contributed by atoms with Gasteiger partial charge >= 0.3 is 0 Å². The quantitative estimate of drug-likeness (QED) is 0.643. The van der Waals surface area contributed by atoms with Crippen LogP contribution in [0.5, 0.6) is 0 Å². The van der Waals surface area contributed by atoms with Crippen LogP contribution in [0.4, 0.5) is 5.69 Å². The van der Waals surface area contributed by atoms with Gasteiger partial charge in [-0.25, -0.2) is 0 Å². The van der Waals surface area contributed by atoms with Gasteiger partial charge in [-0.2, -0.15) is 18.8 Å². The summed E-state index contributed by atoms with van der Waals surface area (Å²) in [6.07, 6.45) is 7.91. The van der Waals surface area contributed by atoms with E-state index in [-0.39, 0.29) is 20.1 Å². The molecule has 1 radical (unpaired) electrons. The molecule has 0 aliphatic carbocycles. The van der Waals surface area contributed by atoms with E-state index in [0.717, 1.165) is 17.1 Å². The third-order valence-electron chi connectivity index (χ3n) is 2.32. The first-order chi connectivity index (χ1) is 6.84. The summed E-state index contributed by atoms with van der Waals surface area (Å²) in [4.78, 5) is 8.39. The van der Waals surface area contributed by atoms with Crippen LogP contribution in [-0.4, -0.2) is 16.9 Å². The second kappa shape index (κ2) is 3.80. The van der Waals surface area contributed by atoms with Crippen molar-refractivity contribution in [2.75, 3.05) is 11.9 Å². The van der Waals surface area contributed by atoms with Crippen LogP contribution in [0.2, 0.25) is 0 Å². The minimum Gasteiger partial charge on any atom is -0.510 e. The first-order valence-corrected chi connectivity index (χ1v) is 4.47. The average molecular weight is 375 g/mol. The number of allylic oxidation sites excluding steroid dienone is 1. The summed E-state index contributed by atoms with van der Waals surface area (Å²) in [6, 6.07) is 5.03. The Hall–Kier alpha value is -1.12. The van der Waals surface area contributed by atoms with Gasteiger partial charge in [0.1, 0.15) is 0 Å². The molecule has 2 aliphatic rings. The van der Waals surface area contributed by atoms with E-state index in [1.807, 2.05) is 30.8 Å². The summed E-state index contributed by atoms with van der Waals surface area (Å²) >= 11 is 0. The summed E-state index contributed by atoms with van der Waals surface area (Å²) in [5.74, 6) is 0. The number of nitrogens with zero attached hydrogens (tertiary/aromatic N) is 3. The Morgan fingerprint density at radius 1 is 1.40 bits per heavy atom. The second-order valence-electron chi connectivity index (χ2n) is 3.36. The van der Waals surface area contributed by atoms with Gasteiger partial charge in [-0.3, -0.25) is 0 Å². The largest absolute Gasteiger partial charge is 0.510 e. The normalized spacial score (nSPS) is 16.7. The zero-order valence-corrected chi connectivity index (χ0v) is 10.5. The molecule has 1 aromatic rings. The zero-order valence-electron chi connectivity index (χ0n) is 8.14. The van der Waals surface area contributed by atoms with E-state index in [1.54, 1.807) is 6.20 Å². The monoisotopic (exact) mass is 376 g/mol. The molecule has 0 fully saturated rings. The Morgan fingerprint density at radius 2 is 2.27 bits per heavy atom. The minimum atomic E-state index is 0. The van der Waals surface area contributed by atoms with Crippen molar-refractivity contribution in [3.05, 3.63) is 48.7 Å². The third-order valence-corrected chi connectivity index (χ3v) is 2.32. The smallest absolute Gasteiger partial charge is 0.0240 e. The molecule has 0 atom stereocenters. The molecule has 15 heavy (non-hydrogen) atoms. The van der Waals surface area contributed by atoms with Crippen molar-refractivity contribution in [2.24, 2.45) is 0 Å². The molecule has 2 aliphatic heterocycles.